The fourth-order valence-electron chi connectivity index (χ4n) is 6.35. The summed E-state index contributed by atoms with van der Waals surface area (Å²) in [6, 6.07) is 7.71. The number of carbonyl (C=O) groups is 2. The minimum absolute atomic E-state index is 0.174. The predicted octanol–water partition coefficient (Wildman–Crippen LogP) is 3.57. The lowest BCUT2D eigenvalue weighted by molar-refractivity contribution is -0.132. The van der Waals surface area contributed by atoms with Gasteiger partial charge in [0.15, 0.2) is 0 Å². The van der Waals surface area contributed by atoms with Gasteiger partial charge in [0.1, 0.15) is 12.1 Å². The lowest BCUT2D eigenvalue weighted by Crippen LogP contribution is -2.56. The number of sulfonamides is 1. The van der Waals surface area contributed by atoms with Crippen LogP contribution in [0.1, 0.15) is 91.5 Å². The topological polar surface area (TPSA) is 139 Å². The van der Waals surface area contributed by atoms with Crippen LogP contribution in [-0.2, 0) is 26.0 Å². The third-order valence-corrected chi connectivity index (χ3v) is 11.4. The van der Waals surface area contributed by atoms with E-state index in [1.54, 1.807) is 14.0 Å². The van der Waals surface area contributed by atoms with Gasteiger partial charge in [-0.15, -0.1) is 0 Å². The van der Waals surface area contributed by atoms with Gasteiger partial charge in [-0.3, -0.25) is 9.59 Å². The molecule has 2 amide bonds. The van der Waals surface area contributed by atoms with E-state index in [4.69, 9.17) is 0 Å². The zero-order chi connectivity index (χ0) is 34.3. The molecule has 0 saturated heterocycles. The van der Waals surface area contributed by atoms with Crippen molar-refractivity contribution < 1.29 is 28.2 Å². The minimum atomic E-state index is -3.78. The molecule has 0 spiro atoms. The van der Waals surface area contributed by atoms with Crippen molar-refractivity contribution >= 4 is 21.8 Å². The highest BCUT2D eigenvalue weighted by molar-refractivity contribution is 7.89. The molecule has 2 rings (SSSR count). The lowest BCUT2D eigenvalue weighted by atomic mass is 9.82. The van der Waals surface area contributed by atoms with Crippen LogP contribution in [0.3, 0.4) is 0 Å². The summed E-state index contributed by atoms with van der Waals surface area (Å²) < 4.78 is 28.2. The largest absolute Gasteiger partial charge is 0.390 e. The number of likely N-dealkylation sites (N-methyl/N-ethyl adjacent to an activating group) is 2. The number of amides is 2. The summed E-state index contributed by atoms with van der Waals surface area (Å²) in [6.45, 7) is 12.3. The molecule has 0 aliphatic heterocycles. The first-order valence-corrected chi connectivity index (χ1v) is 19.1. The highest BCUT2D eigenvalue weighted by Crippen LogP contribution is 2.29. The molecule has 46 heavy (non-hydrogen) atoms. The van der Waals surface area contributed by atoms with Crippen LogP contribution in [0, 0.1) is 17.8 Å². The van der Waals surface area contributed by atoms with E-state index >= 15 is 0 Å². The van der Waals surface area contributed by atoms with Gasteiger partial charge in [-0.2, -0.15) is 0 Å². The van der Waals surface area contributed by atoms with E-state index in [0.717, 1.165) is 44.3 Å². The van der Waals surface area contributed by atoms with Crippen molar-refractivity contribution in [1.29, 1.82) is 0 Å². The van der Waals surface area contributed by atoms with Crippen LogP contribution in [0.2, 0.25) is 0 Å². The first kappa shape index (κ1) is 40.1. The first-order valence-electron chi connectivity index (χ1n) is 17.5. The Hall–Kier alpha value is -2.05. The third-order valence-electron chi connectivity index (χ3n) is 9.41. The fraction of sp³-hybridized carbons (Fsp3) is 0.771. The van der Waals surface area contributed by atoms with E-state index in [0.29, 0.717) is 31.8 Å². The van der Waals surface area contributed by atoms with Gasteiger partial charge in [0.2, 0.25) is 21.8 Å². The van der Waals surface area contributed by atoms with Gasteiger partial charge in [0.05, 0.1) is 23.8 Å². The monoisotopic (exact) mass is 666 g/mol. The van der Waals surface area contributed by atoms with Crippen LogP contribution in [0.4, 0.5) is 0 Å². The lowest BCUT2D eigenvalue weighted by Gasteiger charge is -2.33. The van der Waals surface area contributed by atoms with Gasteiger partial charge in [-0.25, -0.2) is 12.7 Å². The van der Waals surface area contributed by atoms with Gasteiger partial charge < -0.3 is 25.7 Å². The Morgan fingerprint density at radius 1 is 0.935 bits per heavy atom. The van der Waals surface area contributed by atoms with Gasteiger partial charge in [0, 0.05) is 20.1 Å². The number of hydrogen-bond acceptors (Lipinski definition) is 7. The van der Waals surface area contributed by atoms with Crippen LogP contribution in [0.15, 0.2) is 30.3 Å². The van der Waals surface area contributed by atoms with Crippen molar-refractivity contribution in [2.75, 3.05) is 39.0 Å². The first-order chi connectivity index (χ1) is 21.8. The number of hydrogen-bond donors (Lipinski definition) is 4. The second-order valence-electron chi connectivity index (χ2n) is 13.5. The average Bonchev–Trinajstić information content (AvgIpc) is 3.03. The van der Waals surface area contributed by atoms with Crippen LogP contribution >= 0.6 is 0 Å². The molecule has 1 aliphatic rings. The van der Waals surface area contributed by atoms with Gasteiger partial charge in [-0.05, 0) is 56.2 Å². The molecule has 5 atom stereocenters. The van der Waals surface area contributed by atoms with E-state index in [1.807, 2.05) is 58.0 Å². The molecule has 1 aromatic carbocycles. The van der Waals surface area contributed by atoms with E-state index < -0.39 is 52.0 Å². The van der Waals surface area contributed by atoms with E-state index in [-0.39, 0.29) is 24.5 Å². The number of benzene rings is 1. The molecule has 0 aromatic heterocycles. The molecule has 1 aromatic rings. The van der Waals surface area contributed by atoms with Crippen LogP contribution in [0.5, 0.6) is 0 Å². The zero-order valence-corrected chi connectivity index (χ0v) is 30.0. The molecule has 264 valence electrons. The molecule has 11 heteroatoms. The number of nitrogens with zero attached hydrogens (tertiary/aromatic N) is 2. The van der Waals surface area contributed by atoms with Crippen LogP contribution in [-0.4, -0.2) is 103 Å². The second-order valence-corrected chi connectivity index (χ2v) is 15.6. The molecule has 1 fully saturated rings. The van der Waals surface area contributed by atoms with E-state index in [9.17, 15) is 28.2 Å². The molecule has 0 bridgehead atoms. The molecular formula is C35H62N4O6S. The Morgan fingerprint density at radius 2 is 1.57 bits per heavy atom. The van der Waals surface area contributed by atoms with Gasteiger partial charge in [0.25, 0.3) is 0 Å². The molecule has 1 aliphatic carbocycles. The summed E-state index contributed by atoms with van der Waals surface area (Å²) in [6.07, 6.45) is 4.78. The standard InChI is InChI=1S/C35H62N4O6S/c1-7-30(35(43)37-31(24-28-18-14-11-15-19-28)33(41)32(40)22-26(4)5)36-34(42)29(23-27-16-12-10-13-17-27)25-46(44,45)38(6)20-21-39(8-2)9-3/h10,12-13,16-17,26,28-33,40-41H,7-9,11,14-15,18-25H2,1-6H3,(H,36,42)(H,37,43)/t29-,30+,31+,32+,33-/m1/s1. The smallest absolute Gasteiger partial charge is 0.242 e. The van der Waals surface area contributed by atoms with Crippen molar-refractivity contribution in [1.82, 2.24) is 19.8 Å². The Balaban J connectivity index is 2.22. The maximum atomic E-state index is 13.8. The summed E-state index contributed by atoms with van der Waals surface area (Å²) in [5, 5.41) is 27.7. The summed E-state index contributed by atoms with van der Waals surface area (Å²) >= 11 is 0. The Labute approximate surface area is 278 Å². The second kappa shape index (κ2) is 20.3. The van der Waals surface area contributed by atoms with Gasteiger partial charge >= 0.3 is 0 Å². The quantitative estimate of drug-likeness (QED) is 0.157. The van der Waals surface area contributed by atoms with Crippen molar-refractivity contribution in [3.05, 3.63) is 35.9 Å². The SMILES string of the molecule is CC[C@H](NC(=O)[C@H](Cc1ccccc1)CS(=O)(=O)N(C)CCN(CC)CC)C(=O)N[C@@H](CC1CCCCC1)[C@@H](O)[C@@H](O)CC(C)C. The number of carbonyl (C=O) groups excluding carboxylic acids is 2. The average molecular weight is 667 g/mol. The number of aliphatic hydroxyl groups is 2. The number of rotatable bonds is 21. The van der Waals surface area contributed by atoms with E-state index in [2.05, 4.69) is 15.5 Å². The molecular weight excluding hydrogens is 604 g/mol. The molecule has 0 radical (unpaired) electrons. The van der Waals surface area contributed by atoms with Crippen molar-refractivity contribution in [3.63, 3.8) is 0 Å². The number of aliphatic hydroxyl groups excluding tert-OH is 2. The van der Waals surface area contributed by atoms with E-state index in [1.165, 1.54) is 10.7 Å². The number of nitrogens with one attached hydrogen (secondary N) is 2. The molecule has 0 heterocycles. The molecule has 1 saturated carbocycles. The zero-order valence-electron chi connectivity index (χ0n) is 29.2. The normalized spacial score (nSPS) is 17.9. The van der Waals surface area contributed by atoms with Crippen molar-refractivity contribution in [3.8, 4) is 0 Å². The summed E-state index contributed by atoms with van der Waals surface area (Å²) in [7, 11) is -2.24. The highest BCUT2D eigenvalue weighted by Gasteiger charge is 2.34. The maximum absolute atomic E-state index is 13.8. The maximum Gasteiger partial charge on any atom is 0.242 e. The highest BCUT2D eigenvalue weighted by atomic mass is 32.2. The Morgan fingerprint density at radius 3 is 2.13 bits per heavy atom. The van der Waals surface area contributed by atoms with Gasteiger partial charge in [-0.1, -0.05) is 97.1 Å². The molecule has 10 nitrogen and oxygen atoms in total. The third kappa shape index (κ3) is 13.6. The fourth-order valence-corrected chi connectivity index (χ4v) is 7.74. The molecule has 0 unspecified atom stereocenters. The summed E-state index contributed by atoms with van der Waals surface area (Å²) in [5.74, 6) is -1.73. The van der Waals surface area contributed by atoms with Crippen LogP contribution in [0.25, 0.3) is 0 Å². The molecule has 4 N–H and O–H groups in total. The minimum Gasteiger partial charge on any atom is -0.390 e. The Bertz CT molecular complexity index is 1130. The van der Waals surface area contributed by atoms with Crippen molar-refractivity contribution in [2.24, 2.45) is 17.8 Å². The Kier molecular flexibility index (Phi) is 17.7. The predicted molar refractivity (Wildman–Crippen MR) is 185 cm³/mol. The summed E-state index contributed by atoms with van der Waals surface area (Å²) in [4.78, 5) is 29.6. The van der Waals surface area contributed by atoms with Crippen molar-refractivity contribution in [2.45, 2.75) is 117 Å². The summed E-state index contributed by atoms with van der Waals surface area (Å²) in [5.41, 5.74) is 0.830. The van der Waals surface area contributed by atoms with Crippen LogP contribution < -0.4 is 10.6 Å².